The lowest BCUT2D eigenvalue weighted by Crippen LogP contribution is -2.37. The van der Waals surface area contributed by atoms with Crippen LogP contribution in [0, 0.1) is 30.5 Å². The number of aryl methyl sites for hydroxylation is 1. The van der Waals surface area contributed by atoms with Crippen LogP contribution in [-0.2, 0) is 11.3 Å². The number of aromatic nitrogens is 1. The summed E-state index contributed by atoms with van der Waals surface area (Å²) in [6.07, 6.45) is 1.89. The molecule has 2 aromatic heterocycles. The summed E-state index contributed by atoms with van der Waals surface area (Å²) in [4.78, 5) is 25.1. The zero-order valence-electron chi connectivity index (χ0n) is 24.2. The maximum Gasteiger partial charge on any atom is 0.268 e. The Balaban J connectivity index is 0.981. The van der Waals surface area contributed by atoms with Crippen molar-refractivity contribution in [2.75, 3.05) is 55.7 Å². The number of morpholine rings is 1. The van der Waals surface area contributed by atoms with E-state index in [0.29, 0.717) is 72.7 Å². The highest BCUT2D eigenvalue weighted by Crippen LogP contribution is 2.52. The van der Waals surface area contributed by atoms with Gasteiger partial charge in [-0.3, -0.25) is 9.69 Å². The zero-order valence-corrected chi connectivity index (χ0v) is 25.0. The third kappa shape index (κ3) is 6.16. The number of likely N-dealkylation sites (tertiary alicyclic amines) is 1. The van der Waals surface area contributed by atoms with E-state index in [2.05, 4.69) is 22.9 Å². The van der Waals surface area contributed by atoms with Gasteiger partial charge in [-0.05, 0) is 72.0 Å². The fraction of sp³-hybridized carbons (Fsp3) is 0.353. The summed E-state index contributed by atoms with van der Waals surface area (Å²) >= 11 is 1.43. The number of thiophene rings is 1. The van der Waals surface area contributed by atoms with Crippen molar-refractivity contribution in [2.24, 2.45) is 17.8 Å². The molecule has 2 unspecified atom stereocenters. The van der Waals surface area contributed by atoms with Crippen molar-refractivity contribution in [3.63, 3.8) is 0 Å². The molecule has 7 rings (SSSR count). The number of benzene rings is 2. The SMILES string of the molecule is Cc1ccc(Oc2ccc(CN3CC4C(C3)C4CN(C(=O)c3cccs3)c3ccc(N4CCOCC4)c(F)c3)cn2)cc1. The number of hydrogen-bond donors (Lipinski definition) is 0. The average Bonchev–Trinajstić information content (AvgIpc) is 3.39. The highest BCUT2D eigenvalue weighted by molar-refractivity contribution is 7.12. The van der Waals surface area contributed by atoms with Gasteiger partial charge in [0.25, 0.3) is 5.91 Å². The molecule has 0 spiro atoms. The Labute approximate surface area is 255 Å². The summed E-state index contributed by atoms with van der Waals surface area (Å²) in [6.45, 7) is 7.98. The first-order valence-corrected chi connectivity index (χ1v) is 15.8. The van der Waals surface area contributed by atoms with E-state index in [1.165, 1.54) is 23.0 Å². The molecular weight excluding hydrogens is 563 g/mol. The Morgan fingerprint density at radius 1 is 1.07 bits per heavy atom. The topological polar surface area (TPSA) is 58.1 Å². The van der Waals surface area contributed by atoms with Gasteiger partial charge < -0.3 is 19.3 Å². The average molecular weight is 599 g/mol. The van der Waals surface area contributed by atoms with Crippen LogP contribution in [0.5, 0.6) is 11.6 Å². The van der Waals surface area contributed by atoms with Gasteiger partial charge in [0.1, 0.15) is 11.6 Å². The molecule has 2 aliphatic heterocycles. The fourth-order valence-electron chi connectivity index (χ4n) is 6.46. The number of halogens is 1. The van der Waals surface area contributed by atoms with Crippen LogP contribution in [-0.4, -0.2) is 61.7 Å². The molecule has 4 heterocycles. The van der Waals surface area contributed by atoms with Gasteiger partial charge in [0.2, 0.25) is 5.88 Å². The largest absolute Gasteiger partial charge is 0.439 e. The third-order valence-corrected chi connectivity index (χ3v) is 9.72. The van der Waals surface area contributed by atoms with Crippen molar-refractivity contribution < 1.29 is 18.7 Å². The molecular formula is C34H35FN4O3S. The molecule has 43 heavy (non-hydrogen) atoms. The van der Waals surface area contributed by atoms with E-state index in [1.807, 2.05) is 71.1 Å². The predicted molar refractivity (Wildman–Crippen MR) is 167 cm³/mol. The normalized spacial score (nSPS) is 21.4. The van der Waals surface area contributed by atoms with Crippen molar-refractivity contribution in [3.05, 3.63) is 100 Å². The number of anilines is 2. The van der Waals surface area contributed by atoms with Crippen molar-refractivity contribution >= 4 is 28.6 Å². The number of hydrogen-bond acceptors (Lipinski definition) is 7. The molecule has 222 valence electrons. The van der Waals surface area contributed by atoms with Gasteiger partial charge in [0.05, 0.1) is 23.8 Å². The van der Waals surface area contributed by atoms with Crippen molar-refractivity contribution in [3.8, 4) is 11.6 Å². The quantitative estimate of drug-likeness (QED) is 0.227. The van der Waals surface area contributed by atoms with Gasteiger partial charge in [-0.2, -0.15) is 0 Å². The van der Waals surface area contributed by atoms with Crippen LogP contribution in [0.3, 0.4) is 0 Å². The third-order valence-electron chi connectivity index (χ3n) is 8.86. The summed E-state index contributed by atoms with van der Waals surface area (Å²) in [5.74, 6) is 2.48. The number of nitrogens with zero attached hydrogens (tertiary/aromatic N) is 4. The Morgan fingerprint density at radius 2 is 1.86 bits per heavy atom. The number of pyridine rings is 1. The van der Waals surface area contributed by atoms with Gasteiger partial charge in [-0.15, -0.1) is 11.3 Å². The lowest BCUT2D eigenvalue weighted by atomic mass is 10.1. The van der Waals surface area contributed by atoms with Gasteiger partial charge in [0.15, 0.2) is 0 Å². The Bertz CT molecular complexity index is 1550. The van der Waals surface area contributed by atoms with Crippen LogP contribution < -0.4 is 14.5 Å². The Morgan fingerprint density at radius 3 is 2.53 bits per heavy atom. The van der Waals surface area contributed by atoms with E-state index in [9.17, 15) is 4.79 Å². The minimum Gasteiger partial charge on any atom is -0.439 e. The van der Waals surface area contributed by atoms with Gasteiger partial charge in [-0.1, -0.05) is 29.8 Å². The van der Waals surface area contributed by atoms with Crippen LogP contribution in [0.15, 0.2) is 78.3 Å². The molecule has 2 aromatic carbocycles. The van der Waals surface area contributed by atoms with Crippen LogP contribution in [0.4, 0.5) is 15.8 Å². The zero-order chi connectivity index (χ0) is 29.3. The second-order valence-corrected chi connectivity index (χ2v) is 12.7. The lowest BCUT2D eigenvalue weighted by molar-refractivity contribution is 0.0988. The van der Waals surface area contributed by atoms with Crippen molar-refractivity contribution in [1.82, 2.24) is 9.88 Å². The Kier molecular flexibility index (Phi) is 7.86. The number of amides is 1. The molecule has 3 aliphatic rings. The first-order chi connectivity index (χ1) is 21.0. The number of rotatable bonds is 9. The molecule has 0 radical (unpaired) electrons. The minimum atomic E-state index is -0.297. The van der Waals surface area contributed by atoms with E-state index in [-0.39, 0.29) is 11.7 Å². The molecule has 1 amide bonds. The lowest BCUT2D eigenvalue weighted by Gasteiger charge is -2.30. The molecule has 4 aromatic rings. The summed E-state index contributed by atoms with van der Waals surface area (Å²) < 4.78 is 26.7. The minimum absolute atomic E-state index is 0.0608. The molecule has 1 saturated carbocycles. The predicted octanol–water partition coefficient (Wildman–Crippen LogP) is 6.24. The summed E-state index contributed by atoms with van der Waals surface area (Å²) in [7, 11) is 0. The van der Waals surface area contributed by atoms with Crippen LogP contribution in [0.25, 0.3) is 0 Å². The fourth-order valence-corrected chi connectivity index (χ4v) is 7.13. The number of fused-ring (bicyclic) bond motifs is 1. The van der Waals surface area contributed by atoms with Gasteiger partial charge >= 0.3 is 0 Å². The summed E-state index contributed by atoms with van der Waals surface area (Å²) in [5, 5.41) is 1.91. The molecule has 2 atom stereocenters. The van der Waals surface area contributed by atoms with Gasteiger partial charge in [0, 0.05) is 57.2 Å². The molecule has 9 heteroatoms. The standard InChI is InChI=1S/C34H35FN4O3S/c1-23-4-8-26(9-5-23)42-33-11-6-24(18-36-33)19-37-20-27-28(21-37)29(27)22-39(34(40)32-3-2-16-43-32)25-7-10-31(30(35)17-25)38-12-14-41-15-13-38/h2-11,16-18,27-29H,12-15,19-22H2,1H3. The maximum absolute atomic E-state index is 15.4. The summed E-state index contributed by atoms with van der Waals surface area (Å²) in [5.41, 5.74) is 3.53. The summed E-state index contributed by atoms with van der Waals surface area (Å²) in [6, 6.07) is 20.9. The van der Waals surface area contributed by atoms with Crippen LogP contribution in [0.1, 0.15) is 20.8 Å². The number of carbonyl (C=O) groups is 1. The highest BCUT2D eigenvalue weighted by Gasteiger charge is 2.56. The molecule has 0 bridgehead atoms. The second-order valence-electron chi connectivity index (χ2n) is 11.7. The van der Waals surface area contributed by atoms with Crippen molar-refractivity contribution in [2.45, 2.75) is 13.5 Å². The highest BCUT2D eigenvalue weighted by atomic mass is 32.1. The van der Waals surface area contributed by atoms with E-state index >= 15 is 4.39 Å². The van der Waals surface area contributed by atoms with E-state index in [0.717, 1.165) is 30.9 Å². The van der Waals surface area contributed by atoms with Gasteiger partial charge in [-0.25, -0.2) is 9.37 Å². The van der Waals surface area contributed by atoms with E-state index < -0.39 is 0 Å². The van der Waals surface area contributed by atoms with Crippen LogP contribution >= 0.6 is 11.3 Å². The monoisotopic (exact) mass is 598 g/mol. The number of ether oxygens (including phenoxy) is 2. The maximum atomic E-state index is 15.4. The Hall–Kier alpha value is -3.79. The molecule has 0 N–H and O–H groups in total. The number of carbonyl (C=O) groups excluding carboxylic acids is 1. The second kappa shape index (κ2) is 12.1. The van der Waals surface area contributed by atoms with E-state index in [1.54, 1.807) is 4.90 Å². The number of piperidine rings is 1. The van der Waals surface area contributed by atoms with Crippen LogP contribution in [0.2, 0.25) is 0 Å². The first kappa shape index (κ1) is 28.0. The first-order valence-electron chi connectivity index (χ1n) is 14.9. The molecule has 1 aliphatic carbocycles. The molecule has 2 saturated heterocycles. The molecule has 7 nitrogen and oxygen atoms in total. The van der Waals surface area contributed by atoms with Crippen molar-refractivity contribution in [1.29, 1.82) is 0 Å². The smallest absolute Gasteiger partial charge is 0.268 e. The molecule has 3 fully saturated rings. The van der Waals surface area contributed by atoms with E-state index in [4.69, 9.17) is 9.47 Å².